The molecule has 0 aliphatic carbocycles. The molecule has 9 rings (SSSR count). The van der Waals surface area contributed by atoms with Crippen LogP contribution in [0, 0.1) is 0 Å². The quantitative estimate of drug-likeness (QED) is 0.130. The topological polar surface area (TPSA) is 6.48 Å². The zero-order valence-electron chi connectivity index (χ0n) is 31.0. The van der Waals surface area contributed by atoms with Crippen molar-refractivity contribution >= 4 is 57.0 Å². The fourth-order valence-corrected chi connectivity index (χ4v) is 7.38. The SMILES string of the molecule is C(=C\c1ccc(N(c2ccc(-c3ccccc3)cc2)c2cccc3ccccc23)cc1)/c1ccc(-c2ccc(N(c3ccccc3)c3ccccc3)cc2)cc1. The molecule has 0 bridgehead atoms. The van der Waals surface area contributed by atoms with Gasteiger partial charge in [0.05, 0.1) is 5.69 Å². The second kappa shape index (κ2) is 15.9. The Bertz CT molecular complexity index is 2640. The van der Waals surface area contributed by atoms with Crippen LogP contribution in [0.5, 0.6) is 0 Å². The minimum absolute atomic E-state index is 1.11. The van der Waals surface area contributed by atoms with E-state index in [4.69, 9.17) is 0 Å². The monoisotopic (exact) mass is 716 g/mol. The van der Waals surface area contributed by atoms with E-state index in [1.165, 1.54) is 33.0 Å². The molecular weight excluding hydrogens is 677 g/mol. The van der Waals surface area contributed by atoms with Gasteiger partial charge in [-0.1, -0.05) is 176 Å². The minimum atomic E-state index is 1.11. The van der Waals surface area contributed by atoms with Gasteiger partial charge in [-0.15, -0.1) is 0 Å². The Labute approximate surface area is 329 Å². The first-order valence-electron chi connectivity index (χ1n) is 19.1. The maximum absolute atomic E-state index is 2.36. The number of fused-ring (bicyclic) bond motifs is 1. The third kappa shape index (κ3) is 7.37. The summed E-state index contributed by atoms with van der Waals surface area (Å²) < 4.78 is 0. The van der Waals surface area contributed by atoms with Gasteiger partial charge in [0, 0.05) is 33.8 Å². The summed E-state index contributed by atoms with van der Waals surface area (Å²) in [5, 5.41) is 2.43. The summed E-state index contributed by atoms with van der Waals surface area (Å²) in [4.78, 5) is 4.64. The Morgan fingerprint density at radius 3 is 1.14 bits per heavy atom. The van der Waals surface area contributed by atoms with Gasteiger partial charge in [0.2, 0.25) is 0 Å². The van der Waals surface area contributed by atoms with Crippen molar-refractivity contribution in [3.05, 3.63) is 242 Å². The Morgan fingerprint density at radius 1 is 0.250 bits per heavy atom. The van der Waals surface area contributed by atoms with Crippen molar-refractivity contribution in [3.8, 4) is 22.3 Å². The van der Waals surface area contributed by atoms with E-state index < -0.39 is 0 Å². The molecule has 0 amide bonds. The second-order valence-electron chi connectivity index (χ2n) is 13.8. The Balaban J connectivity index is 0.943. The van der Waals surface area contributed by atoms with E-state index in [-0.39, 0.29) is 0 Å². The first-order valence-corrected chi connectivity index (χ1v) is 19.1. The summed E-state index contributed by atoms with van der Waals surface area (Å²) >= 11 is 0. The van der Waals surface area contributed by atoms with Crippen molar-refractivity contribution in [2.24, 2.45) is 0 Å². The predicted octanol–water partition coefficient (Wildman–Crippen LogP) is 15.3. The van der Waals surface area contributed by atoms with Crippen LogP contribution in [0.1, 0.15) is 11.1 Å². The van der Waals surface area contributed by atoms with E-state index in [1.807, 2.05) is 0 Å². The zero-order valence-corrected chi connectivity index (χ0v) is 31.0. The van der Waals surface area contributed by atoms with Crippen LogP contribution >= 0.6 is 0 Å². The van der Waals surface area contributed by atoms with Crippen molar-refractivity contribution in [2.45, 2.75) is 0 Å². The van der Waals surface area contributed by atoms with Crippen LogP contribution in [0.4, 0.5) is 34.1 Å². The first kappa shape index (κ1) is 34.4. The van der Waals surface area contributed by atoms with Gasteiger partial charge in [-0.25, -0.2) is 0 Å². The van der Waals surface area contributed by atoms with Crippen molar-refractivity contribution in [1.82, 2.24) is 0 Å². The van der Waals surface area contributed by atoms with Crippen molar-refractivity contribution in [2.75, 3.05) is 9.80 Å². The van der Waals surface area contributed by atoms with Crippen LogP contribution in [0.3, 0.4) is 0 Å². The van der Waals surface area contributed by atoms with Crippen molar-refractivity contribution in [3.63, 3.8) is 0 Å². The molecule has 2 nitrogen and oxygen atoms in total. The molecule has 0 heterocycles. The molecule has 0 aliphatic heterocycles. The number of benzene rings is 9. The zero-order chi connectivity index (χ0) is 37.5. The van der Waals surface area contributed by atoms with Crippen LogP contribution in [0.25, 0.3) is 45.2 Å². The van der Waals surface area contributed by atoms with Gasteiger partial charge in [0.15, 0.2) is 0 Å². The molecule has 0 spiro atoms. The van der Waals surface area contributed by atoms with Gasteiger partial charge in [-0.2, -0.15) is 0 Å². The van der Waals surface area contributed by atoms with Crippen molar-refractivity contribution in [1.29, 1.82) is 0 Å². The lowest BCUT2D eigenvalue weighted by atomic mass is 10.0. The molecule has 266 valence electrons. The molecule has 2 heteroatoms. The summed E-state index contributed by atoms with van der Waals surface area (Å²) in [5.74, 6) is 0. The fraction of sp³-hybridized carbons (Fsp3) is 0. The van der Waals surface area contributed by atoms with Gasteiger partial charge in [-0.05, 0) is 105 Å². The molecule has 0 fully saturated rings. The largest absolute Gasteiger partial charge is 0.311 e. The number of para-hydroxylation sites is 2. The van der Waals surface area contributed by atoms with Gasteiger partial charge >= 0.3 is 0 Å². The fourth-order valence-electron chi connectivity index (χ4n) is 7.38. The Hall–Kier alpha value is -7.42. The molecule has 0 unspecified atom stereocenters. The summed E-state index contributed by atoms with van der Waals surface area (Å²) in [5.41, 5.74) is 13.9. The molecule has 0 aliphatic rings. The summed E-state index contributed by atoms with van der Waals surface area (Å²) in [6.07, 6.45) is 4.37. The molecule has 0 saturated carbocycles. The number of anilines is 6. The third-order valence-electron chi connectivity index (χ3n) is 10.3. The van der Waals surface area contributed by atoms with E-state index in [0.29, 0.717) is 0 Å². The van der Waals surface area contributed by atoms with Crippen LogP contribution in [0.2, 0.25) is 0 Å². The average molecular weight is 717 g/mol. The third-order valence-corrected chi connectivity index (χ3v) is 10.3. The Morgan fingerprint density at radius 2 is 0.607 bits per heavy atom. The first-order chi connectivity index (χ1) is 27.8. The van der Waals surface area contributed by atoms with E-state index in [2.05, 4.69) is 252 Å². The molecule has 0 radical (unpaired) electrons. The number of hydrogen-bond acceptors (Lipinski definition) is 2. The number of hydrogen-bond donors (Lipinski definition) is 0. The van der Waals surface area contributed by atoms with Gasteiger partial charge in [0.25, 0.3) is 0 Å². The highest BCUT2D eigenvalue weighted by molar-refractivity contribution is 5.99. The van der Waals surface area contributed by atoms with Crippen molar-refractivity contribution < 1.29 is 0 Å². The average Bonchev–Trinajstić information content (AvgIpc) is 3.28. The van der Waals surface area contributed by atoms with Crippen LogP contribution in [-0.4, -0.2) is 0 Å². The van der Waals surface area contributed by atoms with Gasteiger partial charge in [-0.3, -0.25) is 0 Å². The molecule has 0 N–H and O–H groups in total. The second-order valence-corrected chi connectivity index (χ2v) is 13.8. The molecule has 56 heavy (non-hydrogen) atoms. The molecule has 0 aromatic heterocycles. The van der Waals surface area contributed by atoms with E-state index in [0.717, 1.165) is 45.3 Å². The normalized spacial score (nSPS) is 11.1. The highest BCUT2D eigenvalue weighted by Gasteiger charge is 2.16. The summed E-state index contributed by atoms with van der Waals surface area (Å²) in [6.45, 7) is 0. The Kier molecular flexibility index (Phi) is 9.75. The molecule has 0 atom stereocenters. The van der Waals surface area contributed by atoms with E-state index >= 15 is 0 Å². The maximum Gasteiger partial charge on any atom is 0.0540 e. The molecule has 0 saturated heterocycles. The molecule has 9 aromatic carbocycles. The smallest absolute Gasteiger partial charge is 0.0540 e. The number of rotatable bonds is 10. The minimum Gasteiger partial charge on any atom is -0.311 e. The molecular formula is C54H40N2. The van der Waals surface area contributed by atoms with Gasteiger partial charge < -0.3 is 9.80 Å². The van der Waals surface area contributed by atoms with E-state index in [9.17, 15) is 0 Å². The lowest BCUT2D eigenvalue weighted by Crippen LogP contribution is -2.10. The molecule has 9 aromatic rings. The standard InChI is InChI=1S/C54H40N2/c1-4-13-43(14-5-1)45-33-39-52(40-34-45)56(54-22-12-16-47-15-10-11-21-53(47)54)51-35-27-42(28-36-51)24-23-41-25-29-44(30-26-41)46-31-37-50(38-32-46)55(48-17-6-2-7-18-48)49-19-8-3-9-20-49/h1-40H/b24-23+. The lowest BCUT2D eigenvalue weighted by Gasteiger charge is -2.27. The van der Waals surface area contributed by atoms with Gasteiger partial charge in [0.1, 0.15) is 0 Å². The highest BCUT2D eigenvalue weighted by atomic mass is 15.1. The summed E-state index contributed by atoms with van der Waals surface area (Å²) in [6, 6.07) is 82.0. The number of nitrogens with zero attached hydrogens (tertiary/aromatic N) is 2. The van der Waals surface area contributed by atoms with E-state index in [1.54, 1.807) is 0 Å². The van der Waals surface area contributed by atoms with Crippen LogP contribution in [-0.2, 0) is 0 Å². The summed E-state index contributed by atoms with van der Waals surface area (Å²) in [7, 11) is 0. The van der Waals surface area contributed by atoms with Crippen LogP contribution in [0.15, 0.2) is 231 Å². The maximum atomic E-state index is 2.36. The predicted molar refractivity (Wildman–Crippen MR) is 240 cm³/mol. The van der Waals surface area contributed by atoms with Crippen LogP contribution < -0.4 is 9.80 Å². The lowest BCUT2D eigenvalue weighted by molar-refractivity contribution is 1.28. The highest BCUT2D eigenvalue weighted by Crippen LogP contribution is 2.40.